The van der Waals surface area contributed by atoms with E-state index in [1.54, 1.807) is 0 Å². The molecule has 0 N–H and O–H groups in total. The van der Waals surface area contributed by atoms with Crippen molar-refractivity contribution in [2.24, 2.45) is 0 Å². The van der Waals surface area contributed by atoms with Gasteiger partial charge in [0.1, 0.15) is 0 Å². The first-order valence-corrected chi connectivity index (χ1v) is 19.0. The third-order valence-corrected chi connectivity index (χ3v) is 10.1. The minimum absolute atomic E-state index is 0.0554. The fourth-order valence-corrected chi connectivity index (χ4v) is 7.40. The molecule has 0 amide bonds. The molecule has 1 aliphatic carbocycles. The second-order valence-corrected chi connectivity index (χ2v) is 15.8. The average Bonchev–Trinajstić information content (AvgIpc) is 3.82. The van der Waals surface area contributed by atoms with E-state index in [9.17, 15) is 0 Å². The first kappa shape index (κ1) is 35.5. The molecule has 246 valence electrons. The Kier molecular flexibility index (Phi) is 10.9. The summed E-state index contributed by atoms with van der Waals surface area (Å²) in [7, 11) is 0. The summed E-state index contributed by atoms with van der Waals surface area (Å²) in [6.07, 6.45) is 10.0. The SMILES string of the molecule is CC(C)(C)c1cc2c(cc1-c1ccccc1)[cH-]c1cc(-c3ccccc3)c(C(C)(C)C)cc12.[C-]1=CC=CC1.[Zr+2]=[CH]c1cccc2ccccc12. The molecule has 0 nitrogen and oxygen atoms in total. The Labute approximate surface area is 313 Å². The van der Waals surface area contributed by atoms with E-state index in [1.807, 2.05) is 12.2 Å². The van der Waals surface area contributed by atoms with Crippen LogP contribution in [-0.2, 0) is 35.1 Å². The van der Waals surface area contributed by atoms with Gasteiger partial charge in [-0.15, -0.1) is 46.2 Å². The monoisotopic (exact) mass is 724 g/mol. The summed E-state index contributed by atoms with van der Waals surface area (Å²) in [6, 6.07) is 48.6. The topological polar surface area (TPSA) is 0 Å². The van der Waals surface area contributed by atoms with E-state index >= 15 is 0 Å². The molecule has 0 bridgehead atoms. The molecule has 0 atom stereocenters. The maximum atomic E-state index is 2.99. The molecular weight excluding hydrogens is 680 g/mol. The predicted octanol–water partition coefficient (Wildman–Crippen LogP) is 13.5. The number of allylic oxidation sites excluding steroid dienone is 4. The van der Waals surface area contributed by atoms with Crippen LogP contribution in [0.4, 0.5) is 0 Å². The van der Waals surface area contributed by atoms with E-state index in [1.165, 1.54) is 95.5 Å². The van der Waals surface area contributed by atoms with Gasteiger partial charge in [0.15, 0.2) is 0 Å². The number of hydrogen-bond acceptors (Lipinski definition) is 0. The Balaban J connectivity index is 0.000000207. The second-order valence-electron chi connectivity index (χ2n) is 15.1. The van der Waals surface area contributed by atoms with E-state index in [-0.39, 0.29) is 10.8 Å². The second kappa shape index (κ2) is 15.3. The van der Waals surface area contributed by atoms with Crippen molar-refractivity contribution in [1.29, 1.82) is 0 Å². The van der Waals surface area contributed by atoms with Crippen LogP contribution >= 0.6 is 0 Å². The Morgan fingerprint density at radius 1 is 0.580 bits per heavy atom. The quantitative estimate of drug-likeness (QED) is 0.159. The molecular formula is C49H46Zr. The summed E-state index contributed by atoms with van der Waals surface area (Å²) in [5, 5.41) is 8.05. The van der Waals surface area contributed by atoms with Crippen LogP contribution in [0.3, 0.4) is 0 Å². The van der Waals surface area contributed by atoms with Crippen LogP contribution in [0.5, 0.6) is 0 Å². The van der Waals surface area contributed by atoms with Gasteiger partial charge >= 0.3 is 86.7 Å². The standard InChI is InChI=1S/C33H33.C11H8.C5H5.Zr/c1-32(2,3)30-20-26-24(18-28(30)22-13-9-7-10-14-22)17-25-19-29(23-15-11-8-12-16-23)31(21-27(25)26)33(4,5)6;1-9-5-4-7-10-6-2-3-8-11(9)10;1-2-4-5-3-1;/h7-21H,1-6H3;1-8H;1-3H,4H2;/q-1;;-1;+2. The molecule has 50 heavy (non-hydrogen) atoms. The summed E-state index contributed by atoms with van der Waals surface area (Å²) < 4.78 is 2.23. The fraction of sp³-hybridized carbons (Fsp3) is 0.184. The zero-order valence-electron chi connectivity index (χ0n) is 30.2. The van der Waals surface area contributed by atoms with Crippen molar-refractivity contribution in [2.45, 2.75) is 58.8 Å². The van der Waals surface area contributed by atoms with Crippen LogP contribution in [0.15, 0.2) is 152 Å². The fourth-order valence-electron chi connectivity index (χ4n) is 6.78. The van der Waals surface area contributed by atoms with Crippen LogP contribution in [0.1, 0.15) is 64.7 Å². The van der Waals surface area contributed by atoms with E-state index in [0.717, 1.165) is 6.42 Å². The molecule has 0 radical (unpaired) electrons. The van der Waals surface area contributed by atoms with Crippen molar-refractivity contribution in [3.8, 4) is 22.3 Å². The molecule has 1 aliphatic rings. The van der Waals surface area contributed by atoms with Crippen molar-refractivity contribution in [3.05, 3.63) is 174 Å². The molecule has 0 spiro atoms. The first-order valence-electron chi connectivity index (χ1n) is 17.6. The van der Waals surface area contributed by atoms with Crippen LogP contribution in [0, 0.1) is 6.08 Å². The van der Waals surface area contributed by atoms with Crippen molar-refractivity contribution >= 4 is 36.0 Å². The van der Waals surface area contributed by atoms with Crippen molar-refractivity contribution in [2.75, 3.05) is 0 Å². The third-order valence-electron chi connectivity index (χ3n) is 9.33. The molecule has 0 saturated carbocycles. The average molecular weight is 726 g/mol. The maximum absolute atomic E-state index is 2.99. The summed E-state index contributed by atoms with van der Waals surface area (Å²) >= 11 is 1.46. The Hall–Kier alpha value is -4.32. The predicted molar refractivity (Wildman–Crippen MR) is 216 cm³/mol. The van der Waals surface area contributed by atoms with Gasteiger partial charge in [-0.2, -0.15) is 6.08 Å². The van der Waals surface area contributed by atoms with Gasteiger partial charge in [0.25, 0.3) is 0 Å². The third kappa shape index (κ3) is 8.01. The molecule has 0 fully saturated rings. The van der Waals surface area contributed by atoms with Crippen molar-refractivity contribution in [3.63, 3.8) is 0 Å². The number of benzene rings is 6. The van der Waals surface area contributed by atoms with Crippen LogP contribution in [-0.4, -0.2) is 3.71 Å². The van der Waals surface area contributed by atoms with Gasteiger partial charge < -0.3 is 0 Å². The zero-order chi connectivity index (χ0) is 35.3. The van der Waals surface area contributed by atoms with Crippen LogP contribution < -0.4 is 0 Å². The number of rotatable bonds is 3. The number of hydrogen-bond donors (Lipinski definition) is 0. The Morgan fingerprint density at radius 3 is 1.52 bits per heavy atom. The van der Waals surface area contributed by atoms with Crippen LogP contribution in [0.2, 0.25) is 0 Å². The van der Waals surface area contributed by atoms with Gasteiger partial charge in [-0.25, -0.2) is 12.2 Å². The molecule has 0 unspecified atom stereocenters. The summed E-state index contributed by atoms with van der Waals surface area (Å²) in [5.74, 6) is 0. The van der Waals surface area contributed by atoms with Crippen molar-refractivity contribution in [1.82, 2.24) is 0 Å². The summed E-state index contributed by atoms with van der Waals surface area (Å²) in [4.78, 5) is 0. The first-order chi connectivity index (χ1) is 24.0. The molecule has 0 heterocycles. The molecule has 7 aromatic carbocycles. The van der Waals surface area contributed by atoms with E-state index in [4.69, 9.17) is 0 Å². The molecule has 1 heteroatoms. The summed E-state index contributed by atoms with van der Waals surface area (Å²) in [5.41, 5.74) is 9.52. The Morgan fingerprint density at radius 2 is 1.08 bits per heavy atom. The molecule has 0 aromatic heterocycles. The molecule has 8 rings (SSSR count). The minimum atomic E-state index is 0.0554. The normalized spacial score (nSPS) is 12.5. The van der Waals surface area contributed by atoms with Gasteiger partial charge in [0.2, 0.25) is 0 Å². The molecule has 0 saturated heterocycles. The molecule has 7 aromatic rings. The van der Waals surface area contributed by atoms with E-state index in [0.29, 0.717) is 0 Å². The zero-order valence-corrected chi connectivity index (χ0v) is 32.7. The van der Waals surface area contributed by atoms with Gasteiger partial charge in [0.05, 0.1) is 0 Å². The molecule has 0 aliphatic heterocycles. The van der Waals surface area contributed by atoms with Gasteiger partial charge in [-0.3, -0.25) is 6.08 Å². The number of fused-ring (bicyclic) bond motifs is 4. The van der Waals surface area contributed by atoms with Crippen molar-refractivity contribution < 1.29 is 24.2 Å². The van der Waals surface area contributed by atoms with E-state index in [2.05, 4.69) is 191 Å². The van der Waals surface area contributed by atoms with Gasteiger partial charge in [-0.05, 0) is 44.2 Å². The van der Waals surface area contributed by atoms with Crippen LogP contribution in [0.25, 0.3) is 54.6 Å². The van der Waals surface area contributed by atoms with Gasteiger partial charge in [0, 0.05) is 0 Å². The van der Waals surface area contributed by atoms with E-state index < -0.39 is 0 Å². The van der Waals surface area contributed by atoms with Gasteiger partial charge in [-0.1, -0.05) is 114 Å². The summed E-state index contributed by atoms with van der Waals surface area (Å²) in [6.45, 7) is 13.9. The Bertz CT molecular complexity index is 2170.